The fraction of sp³-hybridized carbons (Fsp3) is 0.192. The van der Waals surface area contributed by atoms with Crippen molar-refractivity contribution in [2.45, 2.75) is 13.8 Å². The molecule has 0 bridgehead atoms. The van der Waals surface area contributed by atoms with E-state index in [9.17, 15) is 19.6 Å². The first-order valence-corrected chi connectivity index (χ1v) is 10.9. The topological polar surface area (TPSA) is 135 Å². The van der Waals surface area contributed by atoms with Gasteiger partial charge < -0.3 is 23.9 Å². The number of benzene rings is 1. The summed E-state index contributed by atoms with van der Waals surface area (Å²) in [6.45, 7) is 3.19. The van der Waals surface area contributed by atoms with Gasteiger partial charge in [-0.1, -0.05) is 0 Å². The third-order valence-electron chi connectivity index (χ3n) is 5.90. The van der Waals surface area contributed by atoms with Crippen LogP contribution in [0.4, 0.5) is 10.1 Å². The minimum Gasteiger partial charge on any atom is -0.858 e. The number of methoxy groups -OCH3 is 2. The van der Waals surface area contributed by atoms with E-state index >= 15 is 0 Å². The molecule has 0 aliphatic carbocycles. The number of nitriles is 1. The highest BCUT2D eigenvalue weighted by Crippen LogP contribution is 2.35. The highest BCUT2D eigenvalue weighted by atomic mass is 19.1. The van der Waals surface area contributed by atoms with Gasteiger partial charge in [-0.25, -0.2) is 9.37 Å². The smallest absolute Gasteiger partial charge is 0.257 e. The molecule has 0 aliphatic rings. The van der Waals surface area contributed by atoms with Crippen LogP contribution in [0.2, 0.25) is 0 Å². The lowest BCUT2D eigenvalue weighted by molar-refractivity contribution is -0.212. The molecule has 0 radical (unpaired) electrons. The van der Waals surface area contributed by atoms with Crippen LogP contribution in [-0.2, 0) is 7.05 Å². The fourth-order valence-electron chi connectivity index (χ4n) is 3.74. The van der Waals surface area contributed by atoms with Crippen LogP contribution in [0.1, 0.15) is 22.5 Å². The average molecular weight is 502 g/mol. The molecular formula is C26H21FN5O5-. The molecule has 0 saturated heterocycles. The zero-order chi connectivity index (χ0) is 26.9. The number of nitrogens with zero attached hydrogens (tertiary/aromatic N) is 5. The van der Waals surface area contributed by atoms with Crippen LogP contribution in [0.3, 0.4) is 0 Å². The Morgan fingerprint density at radius 1 is 1.11 bits per heavy atom. The maximum absolute atomic E-state index is 15.0. The zero-order valence-electron chi connectivity index (χ0n) is 20.6. The second kappa shape index (κ2) is 9.94. The number of fused-ring (bicyclic) bond motifs is 1. The van der Waals surface area contributed by atoms with Gasteiger partial charge in [-0.3, -0.25) is 14.8 Å². The Hall–Kier alpha value is -4.98. The number of aromatic nitrogens is 3. The predicted octanol–water partition coefficient (Wildman–Crippen LogP) is 3.20. The molecule has 4 rings (SSSR count). The number of ether oxygens (including phenoxy) is 3. The summed E-state index contributed by atoms with van der Waals surface area (Å²) in [4.78, 5) is 25.2. The molecule has 10 nitrogen and oxygen atoms in total. The van der Waals surface area contributed by atoms with Gasteiger partial charge in [0.15, 0.2) is 23.1 Å². The minimum atomic E-state index is -0.881. The summed E-state index contributed by atoms with van der Waals surface area (Å²) in [6.07, 6.45) is 1.48. The van der Waals surface area contributed by atoms with Crippen molar-refractivity contribution in [2.75, 3.05) is 14.2 Å². The van der Waals surface area contributed by atoms with Crippen LogP contribution < -0.4 is 24.7 Å². The van der Waals surface area contributed by atoms with E-state index in [1.165, 1.54) is 38.6 Å². The highest BCUT2D eigenvalue weighted by Gasteiger charge is 2.17. The van der Waals surface area contributed by atoms with Crippen molar-refractivity contribution in [2.24, 2.45) is 12.0 Å². The number of rotatable bonds is 6. The van der Waals surface area contributed by atoms with Crippen molar-refractivity contribution in [3.8, 4) is 29.2 Å². The first kappa shape index (κ1) is 25.1. The second-order valence-electron chi connectivity index (χ2n) is 7.93. The molecule has 3 aromatic heterocycles. The number of halogens is 1. The van der Waals surface area contributed by atoms with Gasteiger partial charge in [0.1, 0.15) is 17.1 Å². The highest BCUT2D eigenvalue weighted by molar-refractivity contribution is 5.94. The number of hydrogen-bond donors (Lipinski definition) is 0. The average Bonchev–Trinajstić information content (AvgIpc) is 2.88. The third kappa shape index (κ3) is 4.52. The summed E-state index contributed by atoms with van der Waals surface area (Å²) in [5, 5.41) is 22.2. The lowest BCUT2D eigenvalue weighted by atomic mass is 10.1. The number of pyridine rings is 3. The molecule has 1 aromatic carbocycles. The SMILES string of the molecule is COc1cc2nccc(Oc3ccc(N=C([O-])c4c(C)n(C)c(C)c(C#N)c4=O)cc3F)c2nc1OC. The molecule has 188 valence electrons. The summed E-state index contributed by atoms with van der Waals surface area (Å²) in [5.74, 6) is -1.03. The Kier molecular flexibility index (Phi) is 6.75. The Bertz CT molecular complexity index is 1670. The van der Waals surface area contributed by atoms with E-state index in [1.54, 1.807) is 31.5 Å². The quantitative estimate of drug-likeness (QED) is 0.290. The van der Waals surface area contributed by atoms with Crippen LogP contribution in [0.25, 0.3) is 11.0 Å². The van der Waals surface area contributed by atoms with Crippen LogP contribution in [0.5, 0.6) is 23.1 Å². The summed E-state index contributed by atoms with van der Waals surface area (Å²) >= 11 is 0. The van der Waals surface area contributed by atoms with Gasteiger partial charge >= 0.3 is 0 Å². The van der Waals surface area contributed by atoms with Crippen molar-refractivity contribution in [3.05, 3.63) is 75.1 Å². The molecule has 0 atom stereocenters. The van der Waals surface area contributed by atoms with Gasteiger partial charge in [0, 0.05) is 48.7 Å². The summed E-state index contributed by atoms with van der Waals surface area (Å²) in [6, 6.07) is 8.64. The first-order valence-electron chi connectivity index (χ1n) is 10.9. The molecule has 4 aromatic rings. The monoisotopic (exact) mass is 502 g/mol. The summed E-state index contributed by atoms with van der Waals surface area (Å²) < 4.78 is 32.7. The van der Waals surface area contributed by atoms with Crippen molar-refractivity contribution in [1.29, 1.82) is 5.26 Å². The Balaban J connectivity index is 1.71. The lowest BCUT2D eigenvalue weighted by Crippen LogP contribution is -2.32. The second-order valence-corrected chi connectivity index (χ2v) is 7.93. The first-order chi connectivity index (χ1) is 17.7. The largest absolute Gasteiger partial charge is 0.858 e. The molecule has 0 amide bonds. The fourth-order valence-corrected chi connectivity index (χ4v) is 3.74. The normalized spacial score (nSPS) is 11.3. The van der Waals surface area contributed by atoms with Crippen molar-refractivity contribution < 1.29 is 23.7 Å². The van der Waals surface area contributed by atoms with Crippen LogP contribution >= 0.6 is 0 Å². The molecule has 0 saturated carbocycles. The third-order valence-corrected chi connectivity index (χ3v) is 5.90. The van der Waals surface area contributed by atoms with Gasteiger partial charge in [-0.2, -0.15) is 5.26 Å². The minimum absolute atomic E-state index is 0.0282. The standard InChI is InChI=1S/C26H22FN5O5/c1-13-16(12-28)24(33)22(14(2)32(13)3)25(34)30-15-6-7-19(17(27)10-15)37-20-8-9-29-18-11-21(35-4)26(36-5)31-23(18)20/h6-11H,1-5H3,(H,30,34)/p-1. The zero-order valence-corrected chi connectivity index (χ0v) is 20.6. The molecule has 11 heteroatoms. The van der Waals surface area contributed by atoms with Crippen LogP contribution in [0.15, 0.2) is 46.3 Å². The number of aliphatic imine (C=N–C) groups is 1. The molecule has 0 spiro atoms. The maximum atomic E-state index is 15.0. The van der Waals surface area contributed by atoms with Crippen molar-refractivity contribution in [3.63, 3.8) is 0 Å². The van der Waals surface area contributed by atoms with Gasteiger partial charge in [-0.05, 0) is 26.0 Å². The molecule has 0 unspecified atom stereocenters. The molecule has 0 N–H and O–H groups in total. The summed E-state index contributed by atoms with van der Waals surface area (Å²) in [5.41, 5.74) is 0.414. The van der Waals surface area contributed by atoms with Gasteiger partial charge in [0.2, 0.25) is 5.43 Å². The summed E-state index contributed by atoms with van der Waals surface area (Å²) in [7, 11) is 4.54. The number of hydrogen-bond acceptors (Lipinski definition) is 9. The van der Waals surface area contributed by atoms with Crippen molar-refractivity contribution >= 4 is 22.6 Å². The van der Waals surface area contributed by atoms with Crippen LogP contribution in [0, 0.1) is 31.0 Å². The molecule has 0 fully saturated rings. The van der Waals surface area contributed by atoms with Gasteiger partial charge in [-0.15, -0.1) is 0 Å². The van der Waals surface area contributed by atoms with E-state index < -0.39 is 17.1 Å². The van der Waals surface area contributed by atoms with E-state index in [0.717, 1.165) is 6.07 Å². The van der Waals surface area contributed by atoms with Gasteiger partial charge in [0.05, 0.1) is 31.0 Å². The predicted molar refractivity (Wildman–Crippen MR) is 131 cm³/mol. The van der Waals surface area contributed by atoms with E-state index in [2.05, 4.69) is 15.0 Å². The van der Waals surface area contributed by atoms with Crippen LogP contribution in [-0.4, -0.2) is 34.7 Å². The molecular weight excluding hydrogens is 481 g/mol. The Labute approximate surface area is 210 Å². The Morgan fingerprint density at radius 3 is 2.51 bits per heavy atom. The van der Waals surface area contributed by atoms with E-state index in [0.29, 0.717) is 28.2 Å². The molecule has 37 heavy (non-hydrogen) atoms. The maximum Gasteiger partial charge on any atom is 0.257 e. The Morgan fingerprint density at radius 2 is 1.86 bits per heavy atom. The lowest BCUT2D eigenvalue weighted by Gasteiger charge is -2.18. The van der Waals surface area contributed by atoms with E-state index in [1.807, 2.05) is 6.07 Å². The molecule has 0 aliphatic heterocycles. The molecule has 3 heterocycles. The van der Waals surface area contributed by atoms with E-state index in [4.69, 9.17) is 14.2 Å². The van der Waals surface area contributed by atoms with Gasteiger partial charge in [0.25, 0.3) is 5.88 Å². The van der Waals surface area contributed by atoms with E-state index in [-0.39, 0.29) is 34.2 Å². The van der Waals surface area contributed by atoms with Crippen molar-refractivity contribution in [1.82, 2.24) is 14.5 Å².